The number of para-hydroxylation sites is 2. The number of carbonyl (C=O) groups is 2. The lowest BCUT2D eigenvalue weighted by Crippen LogP contribution is -2.37. The van der Waals surface area contributed by atoms with E-state index < -0.39 is 18.1 Å². The number of imide groups is 1. The Labute approximate surface area is 181 Å². The SMILES string of the molecule is O=C1[C@@H]2[C@@H](ON(c3ccccc3)[C@H]2c2ccc(O)cc2)C(=O)N1c1ccccc1Br. The third kappa shape index (κ3) is 2.89. The van der Waals surface area contributed by atoms with E-state index in [2.05, 4.69) is 15.9 Å². The maximum absolute atomic E-state index is 13.5. The number of phenols is 1. The summed E-state index contributed by atoms with van der Waals surface area (Å²) >= 11 is 3.43. The van der Waals surface area contributed by atoms with Gasteiger partial charge in [-0.3, -0.25) is 14.4 Å². The lowest BCUT2D eigenvalue weighted by Gasteiger charge is -2.29. The summed E-state index contributed by atoms with van der Waals surface area (Å²) in [4.78, 5) is 34.0. The molecule has 0 aromatic heterocycles. The fourth-order valence-electron chi connectivity index (χ4n) is 4.09. The number of halogens is 1. The number of rotatable bonds is 3. The first kappa shape index (κ1) is 18.8. The van der Waals surface area contributed by atoms with Gasteiger partial charge in [0.25, 0.3) is 5.91 Å². The lowest BCUT2D eigenvalue weighted by molar-refractivity contribution is -0.126. The van der Waals surface area contributed by atoms with Crippen molar-refractivity contribution in [2.75, 3.05) is 9.96 Å². The molecule has 7 heteroatoms. The van der Waals surface area contributed by atoms with Gasteiger partial charge in [-0.15, -0.1) is 0 Å². The average molecular weight is 465 g/mol. The van der Waals surface area contributed by atoms with Gasteiger partial charge in [-0.2, -0.15) is 0 Å². The van der Waals surface area contributed by atoms with Crippen LogP contribution >= 0.6 is 15.9 Å². The molecule has 3 aromatic rings. The van der Waals surface area contributed by atoms with Gasteiger partial charge in [0.1, 0.15) is 11.7 Å². The van der Waals surface area contributed by atoms with E-state index in [1.165, 1.54) is 4.90 Å². The van der Waals surface area contributed by atoms with Crippen LogP contribution in [-0.2, 0) is 14.4 Å². The van der Waals surface area contributed by atoms with Gasteiger partial charge in [-0.05, 0) is 57.9 Å². The smallest absolute Gasteiger partial charge is 0.266 e. The van der Waals surface area contributed by atoms with Crippen LogP contribution in [0.3, 0.4) is 0 Å². The minimum absolute atomic E-state index is 0.129. The Morgan fingerprint density at radius 1 is 0.833 bits per heavy atom. The van der Waals surface area contributed by atoms with Crippen molar-refractivity contribution in [3.8, 4) is 5.75 Å². The van der Waals surface area contributed by atoms with Crippen LogP contribution in [0.2, 0.25) is 0 Å². The fourth-order valence-corrected chi connectivity index (χ4v) is 4.56. The molecule has 0 aliphatic carbocycles. The van der Waals surface area contributed by atoms with Crippen molar-refractivity contribution in [3.05, 3.63) is 88.9 Å². The van der Waals surface area contributed by atoms with Gasteiger partial charge in [-0.1, -0.05) is 42.5 Å². The molecule has 0 bridgehead atoms. The fraction of sp³-hybridized carbons (Fsp3) is 0.130. The molecule has 0 spiro atoms. The summed E-state index contributed by atoms with van der Waals surface area (Å²) in [6.45, 7) is 0. The number of carbonyl (C=O) groups excluding carboxylic acids is 2. The Balaban J connectivity index is 1.60. The minimum Gasteiger partial charge on any atom is -0.508 e. The summed E-state index contributed by atoms with van der Waals surface area (Å²) in [7, 11) is 0. The number of benzene rings is 3. The summed E-state index contributed by atoms with van der Waals surface area (Å²) < 4.78 is 0.660. The molecule has 1 N–H and O–H groups in total. The van der Waals surface area contributed by atoms with Gasteiger partial charge in [0.2, 0.25) is 5.91 Å². The van der Waals surface area contributed by atoms with Crippen LogP contribution in [0.15, 0.2) is 83.3 Å². The van der Waals surface area contributed by atoms with E-state index in [0.717, 1.165) is 11.3 Å². The normalized spacial score (nSPS) is 23.2. The number of hydrogen-bond acceptors (Lipinski definition) is 5. The van der Waals surface area contributed by atoms with Gasteiger partial charge in [0, 0.05) is 4.47 Å². The highest BCUT2D eigenvalue weighted by atomic mass is 79.9. The summed E-state index contributed by atoms with van der Waals surface area (Å²) in [6.07, 6.45) is -0.927. The van der Waals surface area contributed by atoms with Crippen LogP contribution < -0.4 is 9.96 Å². The van der Waals surface area contributed by atoms with Crippen LogP contribution in [0.5, 0.6) is 5.75 Å². The molecular weight excluding hydrogens is 448 g/mol. The van der Waals surface area contributed by atoms with Crippen LogP contribution in [0, 0.1) is 5.92 Å². The maximum atomic E-state index is 13.5. The number of anilines is 2. The van der Waals surface area contributed by atoms with E-state index in [1.807, 2.05) is 36.4 Å². The topological polar surface area (TPSA) is 70.1 Å². The summed E-state index contributed by atoms with van der Waals surface area (Å²) in [5, 5.41) is 11.3. The molecule has 6 nitrogen and oxygen atoms in total. The summed E-state index contributed by atoms with van der Waals surface area (Å²) in [6, 6.07) is 22.6. The zero-order chi connectivity index (χ0) is 20.8. The second-order valence-corrected chi connectivity index (χ2v) is 8.07. The van der Waals surface area contributed by atoms with E-state index in [-0.39, 0.29) is 17.6 Å². The molecule has 2 aliphatic rings. The minimum atomic E-state index is -0.927. The molecule has 0 radical (unpaired) electrons. The summed E-state index contributed by atoms with van der Waals surface area (Å²) in [5.74, 6) is -1.29. The number of amides is 2. The first-order valence-electron chi connectivity index (χ1n) is 9.48. The molecule has 5 rings (SSSR count). The van der Waals surface area contributed by atoms with Crippen LogP contribution in [-0.4, -0.2) is 23.0 Å². The standard InChI is InChI=1S/C23H17BrN2O4/c24-17-8-4-5-9-18(17)25-22(28)19-20(14-10-12-16(27)13-11-14)26(30-21(19)23(25)29)15-6-2-1-3-7-15/h1-13,19-21,27H/t19-,20-,21+/m0/s1. The average Bonchev–Trinajstić information content (AvgIpc) is 3.26. The molecule has 2 amide bonds. The van der Waals surface area contributed by atoms with Crippen molar-refractivity contribution in [2.45, 2.75) is 12.1 Å². The van der Waals surface area contributed by atoms with E-state index in [4.69, 9.17) is 4.84 Å². The molecular formula is C23H17BrN2O4. The maximum Gasteiger partial charge on any atom is 0.266 e. The number of hydroxylamine groups is 1. The van der Waals surface area contributed by atoms with Crippen molar-refractivity contribution < 1.29 is 19.5 Å². The van der Waals surface area contributed by atoms with Crippen molar-refractivity contribution in [2.24, 2.45) is 5.92 Å². The van der Waals surface area contributed by atoms with Gasteiger partial charge < -0.3 is 5.11 Å². The molecule has 3 aromatic carbocycles. The Kier molecular flexibility index (Phi) is 4.56. The second-order valence-electron chi connectivity index (χ2n) is 7.21. The zero-order valence-electron chi connectivity index (χ0n) is 15.7. The number of fused-ring (bicyclic) bond motifs is 1. The lowest BCUT2D eigenvalue weighted by atomic mass is 9.90. The highest BCUT2D eigenvalue weighted by molar-refractivity contribution is 9.10. The Bertz CT molecular complexity index is 1120. The highest BCUT2D eigenvalue weighted by Crippen LogP contribution is 2.48. The predicted molar refractivity (Wildman–Crippen MR) is 115 cm³/mol. The molecule has 2 aliphatic heterocycles. The van der Waals surface area contributed by atoms with Crippen molar-refractivity contribution in [1.82, 2.24) is 0 Å². The zero-order valence-corrected chi connectivity index (χ0v) is 17.3. The van der Waals surface area contributed by atoms with Gasteiger partial charge in [0.05, 0.1) is 17.4 Å². The number of aromatic hydroxyl groups is 1. The third-order valence-electron chi connectivity index (χ3n) is 5.45. The molecule has 2 heterocycles. The van der Waals surface area contributed by atoms with E-state index in [9.17, 15) is 14.7 Å². The number of hydrogen-bond donors (Lipinski definition) is 1. The first-order valence-corrected chi connectivity index (χ1v) is 10.3. The summed E-state index contributed by atoms with van der Waals surface area (Å²) in [5.41, 5.74) is 2.03. The van der Waals surface area contributed by atoms with Crippen molar-refractivity contribution >= 4 is 39.1 Å². The molecule has 150 valence electrons. The van der Waals surface area contributed by atoms with E-state index in [1.54, 1.807) is 47.5 Å². The van der Waals surface area contributed by atoms with Crippen molar-refractivity contribution in [3.63, 3.8) is 0 Å². The van der Waals surface area contributed by atoms with Gasteiger partial charge in [-0.25, -0.2) is 9.96 Å². The predicted octanol–water partition coefficient (Wildman–Crippen LogP) is 4.21. The van der Waals surface area contributed by atoms with E-state index in [0.29, 0.717) is 10.2 Å². The van der Waals surface area contributed by atoms with Crippen molar-refractivity contribution in [1.29, 1.82) is 0 Å². The largest absolute Gasteiger partial charge is 0.508 e. The van der Waals surface area contributed by atoms with Crippen LogP contribution in [0.1, 0.15) is 11.6 Å². The molecule has 0 saturated carbocycles. The second kappa shape index (κ2) is 7.27. The highest BCUT2D eigenvalue weighted by Gasteiger charge is 2.60. The Hall–Kier alpha value is -3.16. The molecule has 2 fully saturated rings. The van der Waals surface area contributed by atoms with E-state index >= 15 is 0 Å². The van der Waals surface area contributed by atoms with Crippen LogP contribution in [0.4, 0.5) is 11.4 Å². The Morgan fingerprint density at radius 2 is 1.50 bits per heavy atom. The molecule has 3 atom stereocenters. The first-order chi connectivity index (χ1) is 14.6. The molecule has 2 saturated heterocycles. The van der Waals surface area contributed by atoms with Gasteiger partial charge in [0.15, 0.2) is 6.10 Å². The molecule has 30 heavy (non-hydrogen) atoms. The third-order valence-corrected chi connectivity index (χ3v) is 6.12. The van der Waals surface area contributed by atoms with Gasteiger partial charge >= 0.3 is 0 Å². The monoisotopic (exact) mass is 464 g/mol. The Morgan fingerprint density at radius 3 is 2.20 bits per heavy atom. The molecule has 0 unspecified atom stereocenters. The number of nitrogens with zero attached hydrogens (tertiary/aromatic N) is 2. The quantitative estimate of drug-likeness (QED) is 0.588. The van der Waals surface area contributed by atoms with Crippen LogP contribution in [0.25, 0.3) is 0 Å². The number of phenolic OH excluding ortho intramolecular Hbond substituents is 1.